The van der Waals surface area contributed by atoms with Gasteiger partial charge >= 0.3 is 0 Å². The highest BCUT2D eigenvalue weighted by molar-refractivity contribution is 7.80. The molecule has 1 rings (SSSR count). The zero-order valence-electron chi connectivity index (χ0n) is 4.17. The second-order valence-electron chi connectivity index (χ2n) is 1.94. The average Bonchev–Trinajstić information content (AvgIpc) is 1.58. The first-order valence-electron chi connectivity index (χ1n) is 2.41. The molecular weight excluding hydrogens is 108 g/mol. The lowest BCUT2D eigenvalue weighted by Crippen LogP contribution is -2.54. The second kappa shape index (κ2) is 2.03. The first-order chi connectivity index (χ1) is 3.33. The number of rotatable bonds is 1. The van der Waals surface area contributed by atoms with Crippen molar-refractivity contribution in [3.8, 4) is 0 Å². The Kier molecular flexibility index (Phi) is 1.57. The fourth-order valence-electron chi connectivity index (χ4n) is 0.725. The van der Waals surface area contributed by atoms with Crippen LogP contribution in [0, 0.1) is 0 Å². The standard InChI is InChI=1S/C4H10N2S/c5-4-1-6(2-4)3-7/h4,7H,1-3,5H2. The van der Waals surface area contributed by atoms with Gasteiger partial charge in [-0.05, 0) is 0 Å². The van der Waals surface area contributed by atoms with Crippen molar-refractivity contribution in [2.24, 2.45) is 5.73 Å². The quantitative estimate of drug-likeness (QED) is 0.455. The summed E-state index contributed by atoms with van der Waals surface area (Å²) in [6, 6.07) is 0.423. The van der Waals surface area contributed by atoms with E-state index in [-0.39, 0.29) is 0 Å². The molecule has 0 spiro atoms. The van der Waals surface area contributed by atoms with Gasteiger partial charge in [-0.25, -0.2) is 0 Å². The molecule has 0 aromatic heterocycles. The molecule has 0 radical (unpaired) electrons. The van der Waals surface area contributed by atoms with Gasteiger partial charge in [0.05, 0.1) is 0 Å². The van der Waals surface area contributed by atoms with Crippen molar-refractivity contribution in [3.05, 3.63) is 0 Å². The topological polar surface area (TPSA) is 29.3 Å². The SMILES string of the molecule is NC1CN(CS)C1. The lowest BCUT2D eigenvalue weighted by atomic mass is 10.2. The molecule has 1 saturated heterocycles. The highest BCUT2D eigenvalue weighted by atomic mass is 32.1. The maximum Gasteiger partial charge on any atom is 0.0415 e. The number of nitrogens with zero attached hydrogens (tertiary/aromatic N) is 1. The van der Waals surface area contributed by atoms with E-state index >= 15 is 0 Å². The van der Waals surface area contributed by atoms with Crippen molar-refractivity contribution in [1.29, 1.82) is 0 Å². The van der Waals surface area contributed by atoms with Crippen LogP contribution in [0.4, 0.5) is 0 Å². The van der Waals surface area contributed by atoms with Gasteiger partial charge in [0, 0.05) is 25.0 Å². The van der Waals surface area contributed by atoms with E-state index in [0.717, 1.165) is 19.0 Å². The van der Waals surface area contributed by atoms with Gasteiger partial charge < -0.3 is 5.73 Å². The third-order valence-electron chi connectivity index (χ3n) is 1.19. The van der Waals surface area contributed by atoms with Crippen LogP contribution in [0.25, 0.3) is 0 Å². The van der Waals surface area contributed by atoms with Crippen molar-refractivity contribution in [1.82, 2.24) is 4.90 Å². The van der Waals surface area contributed by atoms with Crippen LogP contribution in [0.1, 0.15) is 0 Å². The molecule has 0 atom stereocenters. The highest BCUT2D eigenvalue weighted by Crippen LogP contribution is 2.03. The minimum atomic E-state index is 0.423. The molecule has 0 bridgehead atoms. The van der Waals surface area contributed by atoms with E-state index in [1.807, 2.05) is 0 Å². The molecule has 1 fully saturated rings. The van der Waals surface area contributed by atoms with Gasteiger partial charge in [-0.1, -0.05) is 0 Å². The zero-order chi connectivity index (χ0) is 5.28. The van der Waals surface area contributed by atoms with Gasteiger partial charge in [-0.2, -0.15) is 12.6 Å². The monoisotopic (exact) mass is 118 g/mol. The van der Waals surface area contributed by atoms with Gasteiger partial charge in [0.2, 0.25) is 0 Å². The predicted molar refractivity (Wildman–Crippen MR) is 33.4 cm³/mol. The molecular formula is C4H10N2S. The maximum absolute atomic E-state index is 5.47. The summed E-state index contributed by atoms with van der Waals surface area (Å²) in [6.07, 6.45) is 0. The molecule has 0 aromatic carbocycles. The Hall–Kier alpha value is 0.270. The van der Waals surface area contributed by atoms with Crippen molar-refractivity contribution >= 4 is 12.6 Å². The van der Waals surface area contributed by atoms with Gasteiger partial charge in [0.15, 0.2) is 0 Å². The van der Waals surface area contributed by atoms with E-state index in [2.05, 4.69) is 17.5 Å². The summed E-state index contributed by atoms with van der Waals surface area (Å²) in [5, 5.41) is 0. The number of hydrogen-bond acceptors (Lipinski definition) is 3. The molecule has 0 amide bonds. The molecule has 42 valence electrons. The molecule has 0 unspecified atom stereocenters. The molecule has 3 heteroatoms. The lowest BCUT2D eigenvalue weighted by Gasteiger charge is -2.35. The van der Waals surface area contributed by atoms with Crippen LogP contribution < -0.4 is 5.73 Å². The Morgan fingerprint density at radius 2 is 2.29 bits per heavy atom. The first kappa shape index (κ1) is 5.41. The Morgan fingerprint density at radius 3 is 2.43 bits per heavy atom. The molecule has 1 heterocycles. The number of nitrogens with two attached hydrogens (primary N) is 1. The first-order valence-corrected chi connectivity index (χ1v) is 3.05. The Bertz CT molecular complexity index is 60.7. The van der Waals surface area contributed by atoms with E-state index in [1.54, 1.807) is 0 Å². The van der Waals surface area contributed by atoms with Crippen LogP contribution in [0.15, 0.2) is 0 Å². The molecule has 2 nitrogen and oxygen atoms in total. The Balaban J connectivity index is 2.06. The van der Waals surface area contributed by atoms with Crippen molar-refractivity contribution < 1.29 is 0 Å². The predicted octanol–water partition coefficient (Wildman–Crippen LogP) is -0.483. The third-order valence-corrected chi connectivity index (χ3v) is 1.59. The van der Waals surface area contributed by atoms with E-state index < -0.39 is 0 Å². The molecule has 2 N–H and O–H groups in total. The molecule has 0 aliphatic carbocycles. The van der Waals surface area contributed by atoms with Crippen molar-refractivity contribution in [3.63, 3.8) is 0 Å². The number of likely N-dealkylation sites (tertiary alicyclic amines) is 1. The van der Waals surface area contributed by atoms with E-state index in [9.17, 15) is 0 Å². The summed E-state index contributed by atoms with van der Waals surface area (Å²) >= 11 is 4.06. The molecule has 1 aliphatic heterocycles. The summed E-state index contributed by atoms with van der Waals surface area (Å²) < 4.78 is 0. The van der Waals surface area contributed by atoms with E-state index in [1.165, 1.54) is 0 Å². The minimum Gasteiger partial charge on any atom is -0.325 e. The van der Waals surface area contributed by atoms with Gasteiger partial charge in [0.1, 0.15) is 0 Å². The van der Waals surface area contributed by atoms with Crippen LogP contribution in [-0.2, 0) is 0 Å². The Labute approximate surface area is 49.1 Å². The molecule has 0 saturated carbocycles. The fourth-order valence-corrected chi connectivity index (χ4v) is 0.956. The largest absolute Gasteiger partial charge is 0.325 e. The highest BCUT2D eigenvalue weighted by Gasteiger charge is 2.20. The average molecular weight is 118 g/mol. The summed E-state index contributed by atoms with van der Waals surface area (Å²) in [5.41, 5.74) is 5.47. The van der Waals surface area contributed by atoms with E-state index in [4.69, 9.17) is 5.73 Å². The van der Waals surface area contributed by atoms with Crippen LogP contribution >= 0.6 is 12.6 Å². The third kappa shape index (κ3) is 1.08. The summed E-state index contributed by atoms with van der Waals surface area (Å²) in [4.78, 5) is 2.19. The summed E-state index contributed by atoms with van der Waals surface area (Å²) in [5.74, 6) is 0.855. The fraction of sp³-hybridized carbons (Fsp3) is 1.00. The Morgan fingerprint density at radius 1 is 1.71 bits per heavy atom. The summed E-state index contributed by atoms with van der Waals surface area (Å²) in [6.45, 7) is 2.06. The molecule has 0 aromatic rings. The van der Waals surface area contributed by atoms with Crippen molar-refractivity contribution in [2.75, 3.05) is 19.0 Å². The van der Waals surface area contributed by atoms with E-state index in [0.29, 0.717) is 6.04 Å². The van der Waals surface area contributed by atoms with Crippen LogP contribution in [-0.4, -0.2) is 29.9 Å². The lowest BCUT2D eigenvalue weighted by molar-refractivity contribution is 0.183. The van der Waals surface area contributed by atoms with Gasteiger partial charge in [-0.3, -0.25) is 4.90 Å². The number of thiol groups is 1. The second-order valence-corrected chi connectivity index (χ2v) is 2.22. The normalized spacial score (nSPS) is 24.9. The van der Waals surface area contributed by atoms with Gasteiger partial charge in [-0.15, -0.1) is 0 Å². The van der Waals surface area contributed by atoms with Crippen LogP contribution in [0.5, 0.6) is 0 Å². The van der Waals surface area contributed by atoms with Gasteiger partial charge in [0.25, 0.3) is 0 Å². The smallest absolute Gasteiger partial charge is 0.0415 e. The molecule has 7 heavy (non-hydrogen) atoms. The van der Waals surface area contributed by atoms with Crippen LogP contribution in [0.3, 0.4) is 0 Å². The van der Waals surface area contributed by atoms with Crippen molar-refractivity contribution in [2.45, 2.75) is 6.04 Å². The van der Waals surface area contributed by atoms with Crippen LogP contribution in [0.2, 0.25) is 0 Å². The molecule has 1 aliphatic rings. The number of hydrogen-bond donors (Lipinski definition) is 2. The zero-order valence-corrected chi connectivity index (χ0v) is 5.06. The maximum atomic E-state index is 5.47. The summed E-state index contributed by atoms with van der Waals surface area (Å²) in [7, 11) is 0. The minimum absolute atomic E-state index is 0.423.